The Morgan fingerprint density at radius 3 is 2.82 bits per heavy atom. The largest absolute Gasteiger partial charge is 0.493 e. The molecule has 0 aliphatic carbocycles. The minimum Gasteiger partial charge on any atom is -0.493 e. The average Bonchev–Trinajstić information content (AvgIpc) is 3.55. The molecule has 1 aliphatic heterocycles. The summed E-state index contributed by atoms with van der Waals surface area (Å²) in [4.78, 5) is 8.74. The van der Waals surface area contributed by atoms with Crippen LogP contribution in [0.25, 0.3) is 5.69 Å². The molecule has 8 nitrogen and oxygen atoms in total. The second-order valence-electron chi connectivity index (χ2n) is 8.21. The third kappa shape index (κ3) is 6.55. The van der Waals surface area contributed by atoms with Crippen molar-refractivity contribution in [2.24, 2.45) is 10.9 Å². The van der Waals surface area contributed by atoms with Gasteiger partial charge in [0.2, 0.25) is 0 Å². The van der Waals surface area contributed by atoms with Crippen LogP contribution in [0.1, 0.15) is 30.0 Å². The standard InChI is InChI=1S/C25H32N6O2/c1-3-27-25(28-13-20-5-8-23(9-6-20)31-18-26-17-30-31)29-14-22-7-4-19(2)12-24(22)33-16-21-10-11-32-15-21/h4-9,12,17-18,21H,3,10-11,13-16H2,1-2H3,(H2,27,28,29). The highest BCUT2D eigenvalue weighted by Gasteiger charge is 2.17. The summed E-state index contributed by atoms with van der Waals surface area (Å²) in [5, 5.41) is 10.9. The van der Waals surface area contributed by atoms with Crippen molar-refractivity contribution in [2.75, 3.05) is 26.4 Å². The first-order valence-electron chi connectivity index (χ1n) is 11.5. The summed E-state index contributed by atoms with van der Waals surface area (Å²) < 4.78 is 13.4. The summed E-state index contributed by atoms with van der Waals surface area (Å²) in [6, 6.07) is 14.5. The molecule has 174 valence electrons. The summed E-state index contributed by atoms with van der Waals surface area (Å²) in [6.45, 7) is 8.46. The molecule has 8 heteroatoms. The van der Waals surface area contributed by atoms with Gasteiger partial charge in [-0.3, -0.25) is 0 Å². The van der Waals surface area contributed by atoms with E-state index >= 15 is 0 Å². The second-order valence-corrected chi connectivity index (χ2v) is 8.21. The molecule has 0 saturated carbocycles. The fourth-order valence-corrected chi connectivity index (χ4v) is 3.65. The smallest absolute Gasteiger partial charge is 0.191 e. The van der Waals surface area contributed by atoms with Gasteiger partial charge >= 0.3 is 0 Å². The summed E-state index contributed by atoms with van der Waals surface area (Å²) in [5.74, 6) is 2.17. The number of guanidine groups is 1. The number of hydrogen-bond acceptors (Lipinski definition) is 5. The number of aliphatic imine (C=N–C) groups is 1. The number of hydrogen-bond donors (Lipinski definition) is 2. The van der Waals surface area contributed by atoms with Crippen LogP contribution < -0.4 is 15.4 Å². The number of benzene rings is 2. The van der Waals surface area contributed by atoms with Crippen molar-refractivity contribution in [1.82, 2.24) is 25.4 Å². The lowest BCUT2D eigenvalue weighted by Crippen LogP contribution is -2.36. The Balaban J connectivity index is 1.37. The molecule has 3 aromatic rings. The van der Waals surface area contributed by atoms with Crippen molar-refractivity contribution >= 4 is 5.96 Å². The fourth-order valence-electron chi connectivity index (χ4n) is 3.65. The molecule has 1 saturated heterocycles. The maximum Gasteiger partial charge on any atom is 0.191 e. The SMILES string of the molecule is CCNC(=NCc1ccc(-n2cncn2)cc1)NCc1ccc(C)cc1OCC1CCOC1. The molecular weight excluding hydrogens is 416 g/mol. The minimum absolute atomic E-state index is 0.473. The molecule has 2 aromatic carbocycles. The summed E-state index contributed by atoms with van der Waals surface area (Å²) in [7, 11) is 0. The Morgan fingerprint density at radius 1 is 1.21 bits per heavy atom. The van der Waals surface area contributed by atoms with Gasteiger partial charge in [-0.05, 0) is 49.6 Å². The summed E-state index contributed by atoms with van der Waals surface area (Å²) in [6.07, 6.45) is 4.28. The molecular formula is C25H32N6O2. The van der Waals surface area contributed by atoms with Crippen LogP contribution in [0, 0.1) is 12.8 Å². The lowest BCUT2D eigenvalue weighted by atomic mass is 10.1. The predicted molar refractivity (Wildman–Crippen MR) is 129 cm³/mol. The third-order valence-electron chi connectivity index (χ3n) is 5.55. The highest BCUT2D eigenvalue weighted by molar-refractivity contribution is 5.79. The number of aromatic nitrogens is 3. The Kier molecular flexibility index (Phi) is 7.92. The van der Waals surface area contributed by atoms with Crippen molar-refractivity contribution in [3.8, 4) is 11.4 Å². The molecule has 1 aliphatic rings. The molecule has 1 aromatic heterocycles. The summed E-state index contributed by atoms with van der Waals surface area (Å²) >= 11 is 0. The van der Waals surface area contributed by atoms with Crippen LogP contribution in [0.3, 0.4) is 0 Å². The normalized spacial score (nSPS) is 16.1. The van der Waals surface area contributed by atoms with Crippen molar-refractivity contribution in [3.63, 3.8) is 0 Å². The molecule has 2 N–H and O–H groups in total. The Hall–Kier alpha value is -3.39. The van der Waals surface area contributed by atoms with E-state index in [4.69, 9.17) is 14.5 Å². The Bertz CT molecular complexity index is 1030. The van der Waals surface area contributed by atoms with E-state index in [1.54, 1.807) is 11.0 Å². The number of aryl methyl sites for hydroxylation is 1. The van der Waals surface area contributed by atoms with Gasteiger partial charge in [0.1, 0.15) is 18.4 Å². The van der Waals surface area contributed by atoms with Crippen LogP contribution in [0.5, 0.6) is 5.75 Å². The van der Waals surface area contributed by atoms with E-state index in [1.807, 2.05) is 12.1 Å². The van der Waals surface area contributed by atoms with Gasteiger partial charge < -0.3 is 20.1 Å². The maximum absolute atomic E-state index is 6.17. The van der Waals surface area contributed by atoms with Gasteiger partial charge in [-0.25, -0.2) is 14.7 Å². The molecule has 0 radical (unpaired) electrons. The van der Waals surface area contributed by atoms with Crippen LogP contribution in [-0.2, 0) is 17.8 Å². The molecule has 0 bridgehead atoms. The highest BCUT2D eigenvalue weighted by Crippen LogP contribution is 2.22. The van der Waals surface area contributed by atoms with Crippen LogP contribution in [-0.4, -0.2) is 47.1 Å². The monoisotopic (exact) mass is 448 g/mol. The third-order valence-corrected chi connectivity index (χ3v) is 5.55. The number of ether oxygens (including phenoxy) is 2. The van der Waals surface area contributed by atoms with E-state index in [9.17, 15) is 0 Å². The zero-order valence-electron chi connectivity index (χ0n) is 19.3. The van der Waals surface area contributed by atoms with Crippen LogP contribution in [0.2, 0.25) is 0 Å². The van der Waals surface area contributed by atoms with E-state index in [0.717, 1.165) is 54.7 Å². The van der Waals surface area contributed by atoms with Gasteiger partial charge in [0, 0.05) is 31.2 Å². The molecule has 0 amide bonds. The first-order chi connectivity index (χ1) is 16.2. The van der Waals surface area contributed by atoms with Gasteiger partial charge in [0.05, 0.1) is 25.4 Å². The van der Waals surface area contributed by atoms with Crippen LogP contribution >= 0.6 is 0 Å². The van der Waals surface area contributed by atoms with E-state index in [2.05, 4.69) is 64.9 Å². The van der Waals surface area contributed by atoms with Gasteiger partial charge in [0.15, 0.2) is 5.96 Å². The van der Waals surface area contributed by atoms with Crippen LogP contribution in [0.4, 0.5) is 0 Å². The van der Waals surface area contributed by atoms with E-state index < -0.39 is 0 Å². The topological polar surface area (TPSA) is 85.6 Å². The molecule has 1 fully saturated rings. The van der Waals surface area contributed by atoms with Gasteiger partial charge in [-0.2, -0.15) is 5.10 Å². The lowest BCUT2D eigenvalue weighted by molar-refractivity contribution is 0.166. The zero-order valence-corrected chi connectivity index (χ0v) is 19.3. The molecule has 33 heavy (non-hydrogen) atoms. The first kappa shape index (κ1) is 22.8. The number of rotatable bonds is 9. The zero-order chi connectivity index (χ0) is 22.9. The van der Waals surface area contributed by atoms with Crippen molar-refractivity contribution in [2.45, 2.75) is 33.4 Å². The molecule has 4 rings (SSSR count). The van der Waals surface area contributed by atoms with Crippen molar-refractivity contribution in [3.05, 3.63) is 71.8 Å². The number of nitrogens with zero attached hydrogens (tertiary/aromatic N) is 4. The Labute approximate surface area is 195 Å². The quantitative estimate of drug-likeness (QED) is 0.386. The van der Waals surface area contributed by atoms with Gasteiger partial charge in [0.25, 0.3) is 0 Å². The fraction of sp³-hybridized carbons (Fsp3) is 0.400. The summed E-state index contributed by atoms with van der Waals surface area (Å²) in [5.41, 5.74) is 4.39. The molecule has 0 spiro atoms. The van der Waals surface area contributed by atoms with E-state index in [0.29, 0.717) is 25.6 Å². The molecule has 1 unspecified atom stereocenters. The lowest BCUT2D eigenvalue weighted by Gasteiger charge is -2.17. The van der Waals surface area contributed by atoms with Crippen molar-refractivity contribution in [1.29, 1.82) is 0 Å². The highest BCUT2D eigenvalue weighted by atomic mass is 16.5. The maximum atomic E-state index is 6.17. The van der Waals surface area contributed by atoms with Crippen LogP contribution in [0.15, 0.2) is 60.1 Å². The minimum atomic E-state index is 0.473. The molecule has 1 atom stereocenters. The van der Waals surface area contributed by atoms with E-state index in [1.165, 1.54) is 11.9 Å². The molecule has 2 heterocycles. The van der Waals surface area contributed by atoms with Gasteiger partial charge in [-0.1, -0.05) is 24.3 Å². The Morgan fingerprint density at radius 2 is 2.09 bits per heavy atom. The first-order valence-corrected chi connectivity index (χ1v) is 11.5. The average molecular weight is 449 g/mol. The predicted octanol–water partition coefficient (Wildman–Crippen LogP) is 3.25. The van der Waals surface area contributed by atoms with Crippen molar-refractivity contribution < 1.29 is 9.47 Å². The van der Waals surface area contributed by atoms with Gasteiger partial charge in [-0.15, -0.1) is 0 Å². The van der Waals surface area contributed by atoms with E-state index in [-0.39, 0.29) is 0 Å². The number of nitrogens with one attached hydrogen (secondary N) is 2. The second kappa shape index (κ2) is 11.5.